The molecule has 1 aliphatic rings. The van der Waals surface area contributed by atoms with Gasteiger partial charge in [0.05, 0.1) is 12.9 Å². The van der Waals surface area contributed by atoms with Crippen molar-refractivity contribution in [2.24, 2.45) is 0 Å². The van der Waals surface area contributed by atoms with Crippen LogP contribution in [0.3, 0.4) is 0 Å². The molecule has 2 heterocycles. The second-order valence-corrected chi connectivity index (χ2v) is 5.08. The lowest BCUT2D eigenvalue weighted by Gasteiger charge is -2.14. The van der Waals surface area contributed by atoms with Crippen molar-refractivity contribution in [1.29, 1.82) is 0 Å². The number of rotatable bonds is 5. The summed E-state index contributed by atoms with van der Waals surface area (Å²) >= 11 is 0. The van der Waals surface area contributed by atoms with Crippen LogP contribution in [0.2, 0.25) is 0 Å². The van der Waals surface area contributed by atoms with Crippen molar-refractivity contribution >= 4 is 0 Å². The van der Waals surface area contributed by atoms with Gasteiger partial charge in [-0.2, -0.15) is 0 Å². The van der Waals surface area contributed by atoms with Gasteiger partial charge in [0.15, 0.2) is 0 Å². The van der Waals surface area contributed by atoms with Crippen LogP contribution in [0.1, 0.15) is 18.1 Å². The molecule has 3 rings (SSSR count). The van der Waals surface area contributed by atoms with E-state index in [2.05, 4.69) is 40.0 Å². The van der Waals surface area contributed by atoms with Gasteiger partial charge in [-0.05, 0) is 24.1 Å². The highest BCUT2D eigenvalue weighted by atomic mass is 16.5. The van der Waals surface area contributed by atoms with E-state index in [1.165, 1.54) is 11.1 Å². The fourth-order valence-electron chi connectivity index (χ4n) is 2.42. The topological polar surface area (TPSA) is 39.1 Å². The van der Waals surface area contributed by atoms with Gasteiger partial charge in [-0.1, -0.05) is 12.1 Å². The van der Waals surface area contributed by atoms with E-state index in [1.807, 2.05) is 18.7 Å². The maximum Gasteiger partial charge on any atom is 0.122 e. The highest BCUT2D eigenvalue weighted by molar-refractivity contribution is 5.39. The number of fused-ring (bicyclic) bond motifs is 1. The summed E-state index contributed by atoms with van der Waals surface area (Å²) in [5, 5.41) is 3.54. The first kappa shape index (κ1) is 12.2. The van der Waals surface area contributed by atoms with Crippen LogP contribution in [0, 0.1) is 0 Å². The molecule has 0 bridgehead atoms. The van der Waals surface area contributed by atoms with Gasteiger partial charge in [-0.25, -0.2) is 4.98 Å². The highest BCUT2D eigenvalue weighted by Crippen LogP contribution is 2.25. The molecular weight excluding hydrogens is 238 g/mol. The third kappa shape index (κ3) is 2.96. The maximum atomic E-state index is 5.52. The van der Waals surface area contributed by atoms with Crippen molar-refractivity contribution in [3.63, 3.8) is 0 Å². The Morgan fingerprint density at radius 2 is 2.42 bits per heavy atom. The average molecular weight is 257 g/mol. The molecule has 1 unspecified atom stereocenters. The van der Waals surface area contributed by atoms with Crippen molar-refractivity contribution < 1.29 is 4.74 Å². The van der Waals surface area contributed by atoms with Gasteiger partial charge in [0.2, 0.25) is 0 Å². The molecule has 1 atom stereocenters. The number of hydrogen-bond acceptors (Lipinski definition) is 3. The molecule has 0 saturated heterocycles. The lowest BCUT2D eigenvalue weighted by Crippen LogP contribution is -2.29. The zero-order valence-corrected chi connectivity index (χ0v) is 11.2. The van der Waals surface area contributed by atoms with E-state index in [0.29, 0.717) is 6.04 Å². The van der Waals surface area contributed by atoms with E-state index in [9.17, 15) is 0 Å². The van der Waals surface area contributed by atoms with Crippen LogP contribution in [-0.2, 0) is 19.5 Å². The van der Waals surface area contributed by atoms with Gasteiger partial charge >= 0.3 is 0 Å². The fourth-order valence-corrected chi connectivity index (χ4v) is 2.42. The number of nitrogens with zero attached hydrogens (tertiary/aromatic N) is 2. The molecule has 0 aliphatic carbocycles. The molecule has 2 aromatic rings. The molecule has 0 saturated carbocycles. The number of ether oxygens (including phenoxy) is 1. The van der Waals surface area contributed by atoms with Gasteiger partial charge < -0.3 is 14.6 Å². The quantitative estimate of drug-likeness (QED) is 0.890. The minimum atomic E-state index is 0.415. The van der Waals surface area contributed by atoms with Crippen LogP contribution in [0.5, 0.6) is 5.75 Å². The molecule has 1 N–H and O–H groups in total. The van der Waals surface area contributed by atoms with Crippen molar-refractivity contribution in [3.8, 4) is 5.75 Å². The van der Waals surface area contributed by atoms with E-state index >= 15 is 0 Å². The number of benzene rings is 1. The standard InChI is InChI=1S/C15H19N3O/c1-12(10-18-6-5-16-11-18)17-9-13-2-3-15-14(8-13)4-7-19-15/h2-3,5-6,8,11-12,17H,4,7,9-10H2,1H3. The third-order valence-electron chi connectivity index (χ3n) is 3.45. The molecule has 4 nitrogen and oxygen atoms in total. The summed E-state index contributed by atoms with van der Waals surface area (Å²) in [5.41, 5.74) is 2.66. The molecule has 0 spiro atoms. The Bertz CT molecular complexity index is 536. The molecule has 19 heavy (non-hydrogen) atoms. The zero-order valence-electron chi connectivity index (χ0n) is 11.2. The molecule has 100 valence electrons. The van der Waals surface area contributed by atoms with Crippen LogP contribution in [0.25, 0.3) is 0 Å². The van der Waals surface area contributed by atoms with Crippen molar-refractivity contribution in [2.75, 3.05) is 6.61 Å². The van der Waals surface area contributed by atoms with Gasteiger partial charge in [0, 0.05) is 37.9 Å². The highest BCUT2D eigenvalue weighted by Gasteiger charge is 2.12. The van der Waals surface area contributed by atoms with E-state index in [4.69, 9.17) is 4.74 Å². The summed E-state index contributed by atoms with van der Waals surface area (Å²) < 4.78 is 7.61. The first-order chi connectivity index (χ1) is 9.31. The summed E-state index contributed by atoms with van der Waals surface area (Å²) in [5.74, 6) is 1.05. The minimum absolute atomic E-state index is 0.415. The van der Waals surface area contributed by atoms with Crippen LogP contribution in [-0.4, -0.2) is 22.2 Å². The Hall–Kier alpha value is -1.81. The average Bonchev–Trinajstić information content (AvgIpc) is 3.06. The maximum absolute atomic E-state index is 5.52. The molecule has 4 heteroatoms. The molecule has 1 aromatic carbocycles. The Labute approximate surface area is 113 Å². The predicted molar refractivity (Wildman–Crippen MR) is 74.2 cm³/mol. The van der Waals surface area contributed by atoms with Crippen LogP contribution in [0.15, 0.2) is 36.9 Å². The molecule has 0 radical (unpaired) electrons. The van der Waals surface area contributed by atoms with Crippen LogP contribution in [0.4, 0.5) is 0 Å². The Kier molecular flexibility index (Phi) is 3.51. The second-order valence-electron chi connectivity index (χ2n) is 5.08. The van der Waals surface area contributed by atoms with Crippen LogP contribution >= 0.6 is 0 Å². The Morgan fingerprint density at radius 1 is 1.47 bits per heavy atom. The number of nitrogens with one attached hydrogen (secondary N) is 1. The summed E-state index contributed by atoms with van der Waals surface area (Å²) in [7, 11) is 0. The van der Waals surface area contributed by atoms with Gasteiger partial charge in [-0.3, -0.25) is 0 Å². The number of aromatic nitrogens is 2. The Morgan fingerprint density at radius 3 is 3.26 bits per heavy atom. The van der Waals surface area contributed by atoms with E-state index in [0.717, 1.165) is 31.9 Å². The zero-order chi connectivity index (χ0) is 13.1. The van der Waals surface area contributed by atoms with E-state index in [1.54, 1.807) is 0 Å². The monoisotopic (exact) mass is 257 g/mol. The first-order valence-electron chi connectivity index (χ1n) is 6.75. The van der Waals surface area contributed by atoms with Crippen molar-refractivity contribution in [3.05, 3.63) is 48.0 Å². The van der Waals surface area contributed by atoms with Crippen molar-refractivity contribution in [2.45, 2.75) is 32.5 Å². The van der Waals surface area contributed by atoms with E-state index in [-0.39, 0.29) is 0 Å². The molecular formula is C15H19N3O. The molecule has 1 aliphatic heterocycles. The molecule has 0 amide bonds. The second kappa shape index (κ2) is 5.45. The van der Waals surface area contributed by atoms with Gasteiger partial charge in [0.25, 0.3) is 0 Å². The summed E-state index contributed by atoms with van der Waals surface area (Å²) in [6.45, 7) is 4.84. The van der Waals surface area contributed by atoms with E-state index < -0.39 is 0 Å². The SMILES string of the molecule is CC(Cn1ccnc1)NCc1ccc2c(c1)CCO2. The number of hydrogen-bond donors (Lipinski definition) is 1. The smallest absolute Gasteiger partial charge is 0.122 e. The van der Waals surface area contributed by atoms with Gasteiger partial charge in [-0.15, -0.1) is 0 Å². The largest absolute Gasteiger partial charge is 0.493 e. The van der Waals surface area contributed by atoms with Crippen LogP contribution < -0.4 is 10.1 Å². The first-order valence-corrected chi connectivity index (χ1v) is 6.75. The summed E-state index contributed by atoms with van der Waals surface area (Å²) in [6, 6.07) is 6.89. The Balaban J connectivity index is 1.54. The predicted octanol–water partition coefficient (Wildman–Crippen LogP) is 2.00. The lowest BCUT2D eigenvalue weighted by molar-refractivity contribution is 0.357. The minimum Gasteiger partial charge on any atom is -0.493 e. The number of imidazole rings is 1. The third-order valence-corrected chi connectivity index (χ3v) is 3.45. The van der Waals surface area contributed by atoms with Crippen molar-refractivity contribution in [1.82, 2.24) is 14.9 Å². The fraction of sp³-hybridized carbons (Fsp3) is 0.400. The summed E-state index contributed by atoms with van der Waals surface area (Å²) in [6.07, 6.45) is 6.69. The summed E-state index contributed by atoms with van der Waals surface area (Å²) in [4.78, 5) is 4.05. The van der Waals surface area contributed by atoms with Gasteiger partial charge in [0.1, 0.15) is 5.75 Å². The lowest BCUT2D eigenvalue weighted by atomic mass is 10.1. The molecule has 0 fully saturated rings. The normalized spacial score (nSPS) is 15.0. The molecule has 1 aromatic heterocycles.